The predicted molar refractivity (Wildman–Crippen MR) is 51.8 cm³/mol. The zero-order chi connectivity index (χ0) is 9.47. The topological polar surface area (TPSA) is 48.8 Å². The highest BCUT2D eigenvalue weighted by molar-refractivity contribution is 5.25. The van der Waals surface area contributed by atoms with Crippen molar-refractivity contribution in [2.75, 3.05) is 0 Å². The van der Waals surface area contributed by atoms with Crippen molar-refractivity contribution < 1.29 is 0 Å². The SMILES string of the molecule is CC1(C)/C(=C/N=[N+]=[N-])[C@@H]2CC[C@H]1C2. The van der Waals surface area contributed by atoms with E-state index in [1.54, 1.807) is 6.20 Å². The fourth-order valence-electron chi connectivity index (χ4n) is 3.04. The lowest BCUT2D eigenvalue weighted by molar-refractivity contribution is 0.287. The molecule has 0 unspecified atom stereocenters. The minimum absolute atomic E-state index is 0.275. The van der Waals surface area contributed by atoms with Crippen LogP contribution in [0.15, 0.2) is 16.9 Å². The van der Waals surface area contributed by atoms with Crippen LogP contribution in [0, 0.1) is 17.3 Å². The normalized spacial score (nSPS) is 37.8. The van der Waals surface area contributed by atoms with Crippen molar-refractivity contribution in [3.05, 3.63) is 22.2 Å². The van der Waals surface area contributed by atoms with E-state index >= 15 is 0 Å². The first-order valence-electron chi connectivity index (χ1n) is 4.91. The molecule has 3 nitrogen and oxygen atoms in total. The lowest BCUT2D eigenvalue weighted by Gasteiger charge is -2.32. The molecule has 2 saturated carbocycles. The number of hydrogen-bond acceptors (Lipinski definition) is 1. The third kappa shape index (κ3) is 1.15. The molecule has 0 aliphatic heterocycles. The van der Waals surface area contributed by atoms with E-state index in [9.17, 15) is 0 Å². The van der Waals surface area contributed by atoms with Crippen molar-refractivity contribution in [2.24, 2.45) is 22.4 Å². The van der Waals surface area contributed by atoms with Crippen LogP contribution in [0.5, 0.6) is 0 Å². The highest BCUT2D eigenvalue weighted by Crippen LogP contribution is 2.58. The Kier molecular flexibility index (Phi) is 1.85. The van der Waals surface area contributed by atoms with Gasteiger partial charge in [0.05, 0.1) is 0 Å². The van der Waals surface area contributed by atoms with Gasteiger partial charge in [-0.3, -0.25) is 0 Å². The monoisotopic (exact) mass is 177 g/mol. The summed E-state index contributed by atoms with van der Waals surface area (Å²) in [5.41, 5.74) is 9.93. The number of hydrogen-bond donors (Lipinski definition) is 0. The van der Waals surface area contributed by atoms with Crippen molar-refractivity contribution in [1.29, 1.82) is 0 Å². The summed E-state index contributed by atoms with van der Waals surface area (Å²) in [5.74, 6) is 1.52. The molecule has 2 rings (SSSR count). The Morgan fingerprint density at radius 2 is 2.31 bits per heavy atom. The molecule has 13 heavy (non-hydrogen) atoms. The number of nitrogens with zero attached hydrogens (tertiary/aromatic N) is 3. The van der Waals surface area contributed by atoms with Crippen LogP contribution >= 0.6 is 0 Å². The lowest BCUT2D eigenvalue weighted by Crippen LogP contribution is -2.22. The van der Waals surface area contributed by atoms with Crippen molar-refractivity contribution in [3.63, 3.8) is 0 Å². The van der Waals surface area contributed by atoms with E-state index in [1.165, 1.54) is 24.8 Å². The summed E-state index contributed by atoms with van der Waals surface area (Å²) in [7, 11) is 0. The van der Waals surface area contributed by atoms with Crippen LogP contribution < -0.4 is 0 Å². The van der Waals surface area contributed by atoms with Gasteiger partial charge in [-0.1, -0.05) is 24.5 Å². The lowest BCUT2D eigenvalue weighted by atomic mass is 9.73. The third-order valence-corrected chi connectivity index (χ3v) is 3.89. The molecule has 2 atom stereocenters. The molecule has 0 saturated heterocycles. The average molecular weight is 177 g/mol. The van der Waals surface area contributed by atoms with Crippen molar-refractivity contribution in [3.8, 4) is 0 Å². The second kappa shape index (κ2) is 2.78. The highest BCUT2D eigenvalue weighted by Gasteiger charge is 2.48. The molecule has 0 N–H and O–H groups in total. The maximum Gasteiger partial charge on any atom is 0.00475 e. The van der Waals surface area contributed by atoms with Crippen LogP contribution in [0.25, 0.3) is 10.4 Å². The number of rotatable bonds is 1. The van der Waals surface area contributed by atoms with Gasteiger partial charge in [0.25, 0.3) is 0 Å². The van der Waals surface area contributed by atoms with Gasteiger partial charge < -0.3 is 0 Å². The third-order valence-electron chi connectivity index (χ3n) is 3.89. The quantitative estimate of drug-likeness (QED) is 0.333. The van der Waals surface area contributed by atoms with Gasteiger partial charge in [0, 0.05) is 11.1 Å². The summed E-state index contributed by atoms with van der Waals surface area (Å²) in [6.07, 6.45) is 5.70. The molecule has 70 valence electrons. The molecule has 3 heteroatoms. The van der Waals surface area contributed by atoms with E-state index in [-0.39, 0.29) is 5.41 Å². The molecular formula is C10H15N3. The summed E-state index contributed by atoms with van der Waals surface area (Å²) in [5, 5.41) is 3.59. The Morgan fingerprint density at radius 3 is 2.85 bits per heavy atom. The fraction of sp³-hybridized carbons (Fsp3) is 0.800. The molecule has 0 aromatic heterocycles. The zero-order valence-electron chi connectivity index (χ0n) is 8.20. The van der Waals surface area contributed by atoms with E-state index in [1.807, 2.05) is 0 Å². The number of allylic oxidation sites excluding steroid dienone is 1. The van der Waals surface area contributed by atoms with Crippen LogP contribution in [-0.4, -0.2) is 0 Å². The zero-order valence-corrected chi connectivity index (χ0v) is 8.20. The number of fused-ring (bicyclic) bond motifs is 2. The first-order chi connectivity index (χ1) is 6.16. The molecule has 2 bridgehead atoms. The van der Waals surface area contributed by atoms with Gasteiger partial charge >= 0.3 is 0 Å². The maximum atomic E-state index is 8.28. The van der Waals surface area contributed by atoms with Crippen molar-refractivity contribution in [2.45, 2.75) is 33.1 Å². The van der Waals surface area contributed by atoms with E-state index in [4.69, 9.17) is 5.53 Å². The number of azide groups is 1. The molecule has 0 radical (unpaired) electrons. The largest absolute Gasteiger partial charge is 0.0686 e. The van der Waals surface area contributed by atoms with Crippen molar-refractivity contribution >= 4 is 0 Å². The predicted octanol–water partition coefficient (Wildman–Crippen LogP) is 3.64. The summed E-state index contributed by atoms with van der Waals surface area (Å²) in [6.45, 7) is 4.55. The summed E-state index contributed by atoms with van der Waals surface area (Å²) < 4.78 is 0. The summed E-state index contributed by atoms with van der Waals surface area (Å²) >= 11 is 0. The Labute approximate surface area is 78.5 Å². The molecule has 2 aliphatic rings. The molecule has 0 heterocycles. The van der Waals surface area contributed by atoms with E-state index < -0.39 is 0 Å². The summed E-state index contributed by atoms with van der Waals surface area (Å²) in [6, 6.07) is 0. The smallest absolute Gasteiger partial charge is 0.00475 e. The Hall–Kier alpha value is -0.950. The minimum Gasteiger partial charge on any atom is -0.0686 e. The van der Waals surface area contributed by atoms with Crippen LogP contribution in [0.4, 0.5) is 0 Å². The maximum absolute atomic E-state index is 8.28. The van der Waals surface area contributed by atoms with Gasteiger partial charge in [-0.15, -0.1) is 0 Å². The van der Waals surface area contributed by atoms with E-state index in [2.05, 4.69) is 23.9 Å². The highest BCUT2D eigenvalue weighted by atomic mass is 15.1. The molecule has 0 amide bonds. The van der Waals surface area contributed by atoms with Gasteiger partial charge in [-0.05, 0) is 42.0 Å². The van der Waals surface area contributed by atoms with Gasteiger partial charge in [-0.2, -0.15) is 0 Å². The van der Waals surface area contributed by atoms with Crippen LogP contribution in [-0.2, 0) is 0 Å². The van der Waals surface area contributed by atoms with E-state index in [0.29, 0.717) is 5.92 Å². The van der Waals surface area contributed by atoms with Gasteiger partial charge in [0.2, 0.25) is 0 Å². The van der Waals surface area contributed by atoms with Gasteiger partial charge in [0.1, 0.15) is 0 Å². The van der Waals surface area contributed by atoms with E-state index in [0.717, 1.165) is 5.92 Å². The molecule has 2 fully saturated rings. The summed E-state index contributed by atoms with van der Waals surface area (Å²) in [4.78, 5) is 2.80. The Balaban J connectivity index is 2.33. The average Bonchev–Trinajstić information content (AvgIpc) is 2.60. The van der Waals surface area contributed by atoms with Crippen LogP contribution in [0.2, 0.25) is 0 Å². The fourth-order valence-corrected chi connectivity index (χ4v) is 3.04. The standard InChI is InChI=1S/C10H15N3/c1-10(2)8-4-3-7(5-8)9(10)6-12-13-11/h6-8H,3-5H2,1-2H3/b9-6+/t7-,8+/m1/s1. The molecule has 0 aromatic rings. The second-order valence-electron chi connectivity index (χ2n) is 4.72. The molecule has 0 spiro atoms. The Bertz CT molecular complexity index is 297. The Morgan fingerprint density at radius 1 is 1.54 bits per heavy atom. The first kappa shape index (κ1) is 8.64. The van der Waals surface area contributed by atoms with Crippen LogP contribution in [0.3, 0.4) is 0 Å². The van der Waals surface area contributed by atoms with Gasteiger partial charge in [-0.25, -0.2) is 0 Å². The van der Waals surface area contributed by atoms with Gasteiger partial charge in [0.15, 0.2) is 0 Å². The molecule has 2 aliphatic carbocycles. The first-order valence-corrected chi connectivity index (χ1v) is 4.91. The van der Waals surface area contributed by atoms with Crippen LogP contribution in [0.1, 0.15) is 33.1 Å². The van der Waals surface area contributed by atoms with Crippen molar-refractivity contribution in [1.82, 2.24) is 0 Å². The molecule has 0 aromatic carbocycles. The minimum atomic E-state index is 0.275. The second-order valence-corrected chi connectivity index (χ2v) is 4.72. The molecular weight excluding hydrogens is 162 g/mol.